The van der Waals surface area contributed by atoms with Crippen LogP contribution in [0.1, 0.15) is 57.3 Å². The highest BCUT2D eigenvalue weighted by atomic mass is 35.5. The minimum atomic E-state index is -1.10. The predicted octanol–water partition coefficient (Wildman–Crippen LogP) is 6.48. The number of aromatic nitrogens is 1. The zero-order chi connectivity index (χ0) is 42.3. The van der Waals surface area contributed by atoms with E-state index in [0.29, 0.717) is 46.4 Å². The fraction of sp³-hybridized carbons (Fsp3) is 0.289. The number of aliphatic hydroxyl groups excluding tert-OH is 2. The van der Waals surface area contributed by atoms with Crippen LogP contribution in [0.4, 0.5) is 0 Å². The highest BCUT2D eigenvalue weighted by Crippen LogP contribution is 2.36. The number of nitriles is 1. The number of aliphatic hydroxyl groups is 2. The van der Waals surface area contributed by atoms with Crippen molar-refractivity contribution >= 4 is 23.5 Å². The lowest BCUT2D eigenvalue weighted by Crippen LogP contribution is -2.28. The van der Waals surface area contributed by atoms with Crippen LogP contribution in [0.15, 0.2) is 91.3 Å². The first-order valence-electron chi connectivity index (χ1n) is 18.9. The number of hydrogen-bond acceptors (Lipinski definition) is 11. The number of nitrogens with zero attached hydrogens (tertiary/aromatic N) is 2. The summed E-state index contributed by atoms with van der Waals surface area (Å²) in [6.07, 6.45) is 0.357. The van der Waals surface area contributed by atoms with Crippen molar-refractivity contribution in [3.05, 3.63) is 141 Å². The third-order valence-corrected chi connectivity index (χ3v) is 9.77. The van der Waals surface area contributed by atoms with Gasteiger partial charge < -0.3 is 45.3 Å². The molecule has 0 aliphatic rings. The van der Waals surface area contributed by atoms with Crippen molar-refractivity contribution in [2.75, 3.05) is 13.1 Å². The topological polar surface area (TPSA) is 203 Å². The van der Waals surface area contributed by atoms with E-state index in [9.17, 15) is 25.1 Å². The van der Waals surface area contributed by atoms with Gasteiger partial charge in [0, 0.05) is 55.8 Å². The van der Waals surface area contributed by atoms with E-state index in [1.165, 1.54) is 6.20 Å². The molecule has 308 valence electrons. The number of pyridine rings is 1. The number of nitrogens with one attached hydrogen (secondary N) is 2. The minimum absolute atomic E-state index is 0.0419. The Bertz CT molecular complexity index is 2260. The Morgan fingerprint density at radius 1 is 0.695 bits per heavy atom. The Kier molecular flexibility index (Phi) is 16.2. The lowest BCUT2D eigenvalue weighted by Gasteiger charge is -2.18. The van der Waals surface area contributed by atoms with Crippen LogP contribution in [0.5, 0.6) is 17.2 Å². The summed E-state index contributed by atoms with van der Waals surface area (Å²) >= 11 is 6.74. The Labute approximate surface area is 347 Å². The molecule has 1 aromatic heterocycles. The molecular weight excluding hydrogens is 776 g/mol. The molecule has 0 radical (unpaired) electrons. The molecule has 13 nitrogen and oxygen atoms in total. The van der Waals surface area contributed by atoms with Gasteiger partial charge in [-0.2, -0.15) is 5.26 Å². The molecule has 0 unspecified atom stereocenters. The molecule has 0 spiro atoms. The van der Waals surface area contributed by atoms with Crippen molar-refractivity contribution in [1.29, 1.82) is 5.26 Å². The van der Waals surface area contributed by atoms with Gasteiger partial charge in [-0.1, -0.05) is 66.2 Å². The Hall–Kier alpha value is -6.01. The monoisotopic (exact) mass is 822 g/mol. The molecule has 1 heterocycles. The van der Waals surface area contributed by atoms with Gasteiger partial charge in [0.1, 0.15) is 43.1 Å². The number of aliphatic carboxylic acids is 2. The van der Waals surface area contributed by atoms with E-state index in [-0.39, 0.29) is 39.3 Å². The second-order valence-corrected chi connectivity index (χ2v) is 14.5. The molecule has 0 amide bonds. The first-order chi connectivity index (χ1) is 28.4. The largest absolute Gasteiger partial charge is 0.489 e. The number of benzene rings is 4. The SMILES string of the molecule is Cc1c(COc2cc(OCc3cncc(C#N)c3)c(CNC[C@@H](O)CC(=O)O)cc2Cl)cccc1-c1cccc(OCc2ccc(CNC[C@@H](O)CC(=O)O)cc2)c1C. The summed E-state index contributed by atoms with van der Waals surface area (Å²) in [6.45, 7) is 5.69. The summed E-state index contributed by atoms with van der Waals surface area (Å²) in [4.78, 5) is 25.8. The molecule has 14 heteroatoms. The Morgan fingerprint density at radius 3 is 1.97 bits per heavy atom. The van der Waals surface area contributed by atoms with Crippen molar-refractivity contribution in [1.82, 2.24) is 15.6 Å². The number of hydrogen-bond donors (Lipinski definition) is 6. The maximum atomic E-state index is 11.0. The van der Waals surface area contributed by atoms with Crippen LogP contribution in [0.25, 0.3) is 11.1 Å². The summed E-state index contributed by atoms with van der Waals surface area (Å²) in [7, 11) is 0. The third kappa shape index (κ3) is 13.3. The molecule has 0 fully saturated rings. The zero-order valence-corrected chi connectivity index (χ0v) is 33.5. The fourth-order valence-corrected chi connectivity index (χ4v) is 6.56. The summed E-state index contributed by atoms with van der Waals surface area (Å²) < 4.78 is 18.8. The first kappa shape index (κ1) is 44.1. The summed E-state index contributed by atoms with van der Waals surface area (Å²) in [5, 5.41) is 53.4. The van der Waals surface area contributed by atoms with Crippen LogP contribution in [-0.2, 0) is 42.5 Å². The molecule has 4 aromatic carbocycles. The average molecular weight is 823 g/mol. The van der Waals surface area contributed by atoms with Gasteiger partial charge in [0.25, 0.3) is 0 Å². The van der Waals surface area contributed by atoms with Crippen LogP contribution in [0, 0.1) is 25.2 Å². The molecule has 6 N–H and O–H groups in total. The lowest BCUT2D eigenvalue weighted by molar-refractivity contribution is -0.140. The number of carbonyl (C=O) groups is 2. The van der Waals surface area contributed by atoms with Crippen LogP contribution >= 0.6 is 11.6 Å². The smallest absolute Gasteiger partial charge is 0.306 e. The number of halogens is 1. The van der Waals surface area contributed by atoms with Crippen molar-refractivity contribution in [3.63, 3.8) is 0 Å². The van der Waals surface area contributed by atoms with Crippen molar-refractivity contribution < 1.29 is 44.2 Å². The number of ether oxygens (including phenoxy) is 3. The highest BCUT2D eigenvalue weighted by Gasteiger charge is 2.17. The van der Waals surface area contributed by atoms with Crippen LogP contribution in [0.2, 0.25) is 5.02 Å². The quantitative estimate of drug-likeness (QED) is 0.0443. The molecule has 5 rings (SSSR count). The summed E-state index contributed by atoms with van der Waals surface area (Å²) in [5.41, 5.74) is 8.70. The number of rotatable bonds is 22. The maximum absolute atomic E-state index is 11.0. The van der Waals surface area contributed by atoms with E-state index < -0.39 is 30.6 Å². The van der Waals surface area contributed by atoms with Crippen LogP contribution in [-0.4, -0.2) is 62.6 Å². The second kappa shape index (κ2) is 21.7. The first-order valence-corrected chi connectivity index (χ1v) is 19.3. The van der Waals surface area contributed by atoms with Gasteiger partial charge in [-0.3, -0.25) is 14.6 Å². The van der Waals surface area contributed by atoms with Crippen molar-refractivity contribution in [2.45, 2.75) is 71.8 Å². The van der Waals surface area contributed by atoms with Gasteiger partial charge in [-0.15, -0.1) is 0 Å². The lowest BCUT2D eigenvalue weighted by atomic mass is 9.93. The van der Waals surface area contributed by atoms with Crippen LogP contribution < -0.4 is 24.8 Å². The molecular formula is C45H47ClN4O9. The van der Waals surface area contributed by atoms with Gasteiger partial charge in [-0.05, 0) is 71.0 Å². The van der Waals surface area contributed by atoms with E-state index in [2.05, 4.69) is 33.8 Å². The number of carboxylic acid groups (broad SMARTS) is 2. The normalized spacial score (nSPS) is 12.0. The van der Waals surface area contributed by atoms with E-state index in [1.54, 1.807) is 24.4 Å². The molecule has 0 aliphatic heterocycles. The Balaban J connectivity index is 1.26. The van der Waals surface area contributed by atoms with E-state index >= 15 is 0 Å². The third-order valence-electron chi connectivity index (χ3n) is 9.48. The molecule has 5 aromatic rings. The average Bonchev–Trinajstić information content (AvgIpc) is 3.20. The van der Waals surface area contributed by atoms with Gasteiger partial charge in [0.05, 0.1) is 35.6 Å². The summed E-state index contributed by atoms with van der Waals surface area (Å²) in [5.74, 6) is -0.553. The van der Waals surface area contributed by atoms with E-state index in [1.807, 2.05) is 62.4 Å². The minimum Gasteiger partial charge on any atom is -0.489 e. The molecule has 0 aliphatic carbocycles. The van der Waals surface area contributed by atoms with Crippen molar-refractivity contribution in [3.8, 4) is 34.4 Å². The molecule has 0 saturated carbocycles. The zero-order valence-electron chi connectivity index (χ0n) is 32.8. The second-order valence-electron chi connectivity index (χ2n) is 14.1. The maximum Gasteiger partial charge on any atom is 0.306 e. The summed E-state index contributed by atoms with van der Waals surface area (Å²) in [6, 6.07) is 27.0. The number of carboxylic acids is 2. The van der Waals surface area contributed by atoms with Gasteiger partial charge in [-0.25, -0.2) is 0 Å². The molecule has 0 saturated heterocycles. The van der Waals surface area contributed by atoms with Gasteiger partial charge in [0.15, 0.2) is 0 Å². The van der Waals surface area contributed by atoms with Gasteiger partial charge >= 0.3 is 11.9 Å². The standard InChI is InChI=1S/C45H47ClN4O9/c1-28-34(27-59-43-17-42(58-26-33-13-32(18-47)20-48-21-33)35(14-40(43)46)22-50-24-37(52)16-45(55)56)5-3-6-38(28)39-7-4-8-41(29(39)2)57-25-31-11-9-30(10-12-31)19-49-23-36(51)15-44(53)54/h3-14,17,20-21,36-37,49-52H,15-16,19,22-27H2,1-2H3,(H,53,54)(H,55,56)/t36-,37-/m0/s1. The molecule has 0 bridgehead atoms. The fourth-order valence-electron chi connectivity index (χ4n) is 6.32. The van der Waals surface area contributed by atoms with Gasteiger partial charge in [0.2, 0.25) is 0 Å². The van der Waals surface area contributed by atoms with Crippen molar-refractivity contribution in [2.24, 2.45) is 0 Å². The molecule has 2 atom stereocenters. The van der Waals surface area contributed by atoms with E-state index in [4.69, 9.17) is 36.0 Å². The van der Waals surface area contributed by atoms with E-state index in [0.717, 1.165) is 44.7 Å². The Morgan fingerprint density at radius 2 is 1.29 bits per heavy atom. The predicted molar refractivity (Wildman–Crippen MR) is 221 cm³/mol. The molecule has 59 heavy (non-hydrogen) atoms. The van der Waals surface area contributed by atoms with Crippen LogP contribution in [0.3, 0.4) is 0 Å². The highest BCUT2D eigenvalue weighted by molar-refractivity contribution is 6.32.